The summed E-state index contributed by atoms with van der Waals surface area (Å²) < 4.78 is 14.6. The Morgan fingerprint density at radius 1 is 1.11 bits per heavy atom. The van der Waals surface area contributed by atoms with Crippen LogP contribution in [0, 0.1) is 6.92 Å². The molecule has 8 nitrogen and oxygen atoms in total. The van der Waals surface area contributed by atoms with E-state index in [-0.39, 0.29) is 11.3 Å². The summed E-state index contributed by atoms with van der Waals surface area (Å²) in [7, 11) is 0. The normalized spacial score (nSPS) is 11.0. The van der Waals surface area contributed by atoms with Gasteiger partial charge < -0.3 is 14.0 Å². The molecule has 1 aromatic carbocycles. The molecule has 0 saturated carbocycles. The van der Waals surface area contributed by atoms with Crippen molar-refractivity contribution in [2.45, 2.75) is 33.1 Å². The number of nitrogens with one attached hydrogen (secondary N) is 1. The molecule has 0 bridgehead atoms. The number of ether oxygens (including phenoxy) is 2. The fourth-order valence-corrected chi connectivity index (χ4v) is 2.09. The van der Waals surface area contributed by atoms with Crippen LogP contribution in [0.4, 0.5) is 0 Å². The molecule has 0 unspecified atom stereocenters. The van der Waals surface area contributed by atoms with Gasteiger partial charge in [-0.1, -0.05) is 32.9 Å². The van der Waals surface area contributed by atoms with Gasteiger partial charge >= 0.3 is 5.97 Å². The molecular weight excluding hydrogens is 352 g/mol. The third-order valence-electron chi connectivity index (χ3n) is 3.57. The van der Waals surface area contributed by atoms with Gasteiger partial charge in [0.25, 0.3) is 17.7 Å². The minimum Gasteiger partial charge on any atom is -0.463 e. The van der Waals surface area contributed by atoms with Crippen LogP contribution >= 0.6 is 0 Å². The van der Waals surface area contributed by atoms with Gasteiger partial charge in [0, 0.05) is 11.6 Å². The minimum atomic E-state index is -0.771. The van der Waals surface area contributed by atoms with E-state index in [1.165, 1.54) is 6.07 Å². The highest BCUT2D eigenvalue weighted by atomic mass is 16.6. The van der Waals surface area contributed by atoms with E-state index in [4.69, 9.17) is 14.0 Å². The smallest absolute Gasteiger partial charge is 0.344 e. The van der Waals surface area contributed by atoms with Crippen molar-refractivity contribution < 1.29 is 28.4 Å². The number of carbonyl (C=O) groups is 3. The molecule has 2 rings (SSSR count). The largest absolute Gasteiger partial charge is 0.463 e. The predicted octanol–water partition coefficient (Wildman–Crippen LogP) is 2.16. The highest BCUT2D eigenvalue weighted by molar-refractivity contribution is 6.05. The van der Waals surface area contributed by atoms with Crippen molar-refractivity contribution in [3.63, 3.8) is 0 Å². The Balaban J connectivity index is 1.76. The van der Waals surface area contributed by atoms with E-state index in [2.05, 4.69) is 31.2 Å². The standard InChI is InChI=1S/C19H22N2O6/c1-12-9-16(21-27-12)25-11-17(23)26-10-15(22)20-18(24)13-5-7-14(8-6-13)19(2,3)4/h5-9H,10-11H2,1-4H3,(H,20,22,24). The molecule has 2 aromatic rings. The second kappa shape index (κ2) is 8.48. The Hall–Kier alpha value is -3.16. The van der Waals surface area contributed by atoms with Crippen LogP contribution in [0.2, 0.25) is 0 Å². The average Bonchev–Trinajstić information content (AvgIpc) is 3.03. The van der Waals surface area contributed by atoms with Gasteiger partial charge in [-0.05, 0) is 35.2 Å². The zero-order valence-electron chi connectivity index (χ0n) is 15.7. The van der Waals surface area contributed by atoms with Crippen molar-refractivity contribution in [3.8, 4) is 5.88 Å². The van der Waals surface area contributed by atoms with Gasteiger partial charge in [0.15, 0.2) is 13.2 Å². The molecule has 8 heteroatoms. The second-order valence-corrected chi connectivity index (χ2v) is 6.93. The quantitative estimate of drug-likeness (QED) is 0.772. The maximum atomic E-state index is 12.1. The lowest BCUT2D eigenvalue weighted by molar-refractivity contribution is -0.150. The lowest BCUT2D eigenvalue weighted by Gasteiger charge is -2.18. The Labute approximate surface area is 156 Å². The molecule has 1 aromatic heterocycles. The molecule has 0 aliphatic rings. The molecule has 0 spiro atoms. The molecule has 27 heavy (non-hydrogen) atoms. The number of aryl methyl sites for hydroxylation is 1. The van der Waals surface area contributed by atoms with Crippen LogP contribution in [0.5, 0.6) is 5.88 Å². The first-order valence-electron chi connectivity index (χ1n) is 8.31. The number of hydrogen-bond acceptors (Lipinski definition) is 7. The lowest BCUT2D eigenvalue weighted by Crippen LogP contribution is -2.34. The Kier molecular flexibility index (Phi) is 6.33. The number of rotatable bonds is 6. The summed E-state index contributed by atoms with van der Waals surface area (Å²) in [6.07, 6.45) is 0. The van der Waals surface area contributed by atoms with Gasteiger partial charge in [-0.15, -0.1) is 0 Å². The highest BCUT2D eigenvalue weighted by Gasteiger charge is 2.16. The van der Waals surface area contributed by atoms with Crippen LogP contribution in [0.15, 0.2) is 34.9 Å². The zero-order valence-corrected chi connectivity index (χ0v) is 15.7. The third-order valence-corrected chi connectivity index (χ3v) is 3.57. The SMILES string of the molecule is Cc1cc(OCC(=O)OCC(=O)NC(=O)c2ccc(C(C)(C)C)cc2)no1. The molecule has 0 radical (unpaired) electrons. The van der Waals surface area contributed by atoms with Crippen LogP contribution in [-0.2, 0) is 19.7 Å². The monoisotopic (exact) mass is 374 g/mol. The predicted molar refractivity (Wildman–Crippen MR) is 95.3 cm³/mol. The molecule has 1 heterocycles. The van der Waals surface area contributed by atoms with Crippen LogP contribution in [0.3, 0.4) is 0 Å². The van der Waals surface area contributed by atoms with Gasteiger partial charge in [0.2, 0.25) is 0 Å². The van der Waals surface area contributed by atoms with E-state index in [0.29, 0.717) is 11.3 Å². The average molecular weight is 374 g/mol. The Morgan fingerprint density at radius 3 is 2.33 bits per heavy atom. The molecule has 144 valence electrons. The highest BCUT2D eigenvalue weighted by Crippen LogP contribution is 2.22. The molecule has 0 atom stereocenters. The number of benzene rings is 1. The summed E-state index contributed by atoms with van der Waals surface area (Å²) in [6.45, 7) is 6.85. The van der Waals surface area contributed by atoms with Crippen molar-refractivity contribution in [1.29, 1.82) is 0 Å². The van der Waals surface area contributed by atoms with E-state index in [1.54, 1.807) is 19.1 Å². The number of carbonyl (C=O) groups excluding carboxylic acids is 3. The van der Waals surface area contributed by atoms with Crippen molar-refractivity contribution in [3.05, 3.63) is 47.2 Å². The fourth-order valence-electron chi connectivity index (χ4n) is 2.09. The number of amides is 2. The second-order valence-electron chi connectivity index (χ2n) is 6.93. The summed E-state index contributed by atoms with van der Waals surface area (Å²) in [6, 6.07) is 8.46. The molecule has 0 fully saturated rings. The molecule has 0 aliphatic heterocycles. The van der Waals surface area contributed by atoms with Crippen LogP contribution < -0.4 is 10.1 Å². The summed E-state index contributed by atoms with van der Waals surface area (Å²) in [5.74, 6) is -1.39. The summed E-state index contributed by atoms with van der Waals surface area (Å²) >= 11 is 0. The topological polar surface area (TPSA) is 108 Å². The van der Waals surface area contributed by atoms with Gasteiger partial charge in [-0.25, -0.2) is 4.79 Å². The lowest BCUT2D eigenvalue weighted by atomic mass is 9.87. The first-order chi connectivity index (χ1) is 12.6. The summed E-state index contributed by atoms with van der Waals surface area (Å²) in [5, 5.41) is 5.71. The third kappa shape index (κ3) is 6.25. The van der Waals surface area contributed by atoms with Gasteiger partial charge in [-0.3, -0.25) is 14.9 Å². The van der Waals surface area contributed by atoms with Crippen LogP contribution in [0.25, 0.3) is 0 Å². The van der Waals surface area contributed by atoms with E-state index in [9.17, 15) is 14.4 Å². The van der Waals surface area contributed by atoms with E-state index >= 15 is 0 Å². The number of esters is 1. The van der Waals surface area contributed by atoms with Gasteiger partial charge in [0.1, 0.15) is 5.76 Å². The molecular formula is C19H22N2O6. The Morgan fingerprint density at radius 2 is 1.78 bits per heavy atom. The fraction of sp³-hybridized carbons (Fsp3) is 0.368. The zero-order chi connectivity index (χ0) is 20.0. The van der Waals surface area contributed by atoms with Crippen molar-refractivity contribution in [2.75, 3.05) is 13.2 Å². The number of nitrogens with zero attached hydrogens (tertiary/aromatic N) is 1. The minimum absolute atomic E-state index is 0.0359. The maximum absolute atomic E-state index is 12.1. The number of hydrogen-bond donors (Lipinski definition) is 1. The Bertz CT molecular complexity index is 817. The van der Waals surface area contributed by atoms with E-state index < -0.39 is 31.0 Å². The van der Waals surface area contributed by atoms with Gasteiger partial charge in [-0.2, -0.15) is 0 Å². The number of imide groups is 1. The summed E-state index contributed by atoms with van der Waals surface area (Å²) in [5.41, 5.74) is 1.38. The first kappa shape index (κ1) is 20.2. The van der Waals surface area contributed by atoms with Crippen molar-refractivity contribution >= 4 is 17.8 Å². The maximum Gasteiger partial charge on any atom is 0.344 e. The first-order valence-corrected chi connectivity index (χ1v) is 8.31. The molecule has 0 aliphatic carbocycles. The summed E-state index contributed by atoms with van der Waals surface area (Å²) in [4.78, 5) is 35.4. The van der Waals surface area contributed by atoms with Crippen LogP contribution in [0.1, 0.15) is 42.5 Å². The van der Waals surface area contributed by atoms with E-state index in [1.807, 2.05) is 12.1 Å². The molecule has 0 saturated heterocycles. The molecule has 1 N–H and O–H groups in total. The van der Waals surface area contributed by atoms with Crippen molar-refractivity contribution in [1.82, 2.24) is 10.5 Å². The molecule has 2 amide bonds. The van der Waals surface area contributed by atoms with Crippen LogP contribution in [-0.4, -0.2) is 36.2 Å². The van der Waals surface area contributed by atoms with E-state index in [0.717, 1.165) is 5.56 Å². The van der Waals surface area contributed by atoms with Gasteiger partial charge in [0.05, 0.1) is 0 Å². The number of aromatic nitrogens is 1. The van der Waals surface area contributed by atoms with Crippen molar-refractivity contribution in [2.24, 2.45) is 0 Å².